The molecule has 4 N–H and O–H groups in total. The first kappa shape index (κ1) is 39.3. The largest absolute Gasteiger partial charge is 0.508 e. The van der Waals surface area contributed by atoms with Crippen molar-refractivity contribution in [3.05, 3.63) is 41.5 Å². The van der Waals surface area contributed by atoms with Crippen LogP contribution in [0.2, 0.25) is 0 Å². The molecule has 0 aromatic heterocycles. The fourth-order valence-electron chi connectivity index (χ4n) is 8.81. The molecule has 3 aliphatic rings. The van der Waals surface area contributed by atoms with E-state index in [4.69, 9.17) is 0 Å². The minimum Gasteiger partial charge on any atom is -0.508 e. The molecule has 2 unspecified atom stereocenters. The minimum atomic E-state index is -7.00. The van der Waals surface area contributed by atoms with Crippen molar-refractivity contribution < 1.29 is 64.7 Å². The van der Waals surface area contributed by atoms with Crippen molar-refractivity contribution in [3.63, 3.8) is 0 Å². The zero-order chi connectivity index (χ0) is 36.7. The molecule has 1 aromatic rings. The third-order valence-electron chi connectivity index (χ3n) is 11.7. The third kappa shape index (κ3) is 7.32. The van der Waals surface area contributed by atoms with Crippen molar-refractivity contribution in [1.82, 2.24) is 0 Å². The Morgan fingerprint density at radius 3 is 2.14 bits per heavy atom. The minimum absolute atomic E-state index is 0.0695. The maximum Gasteiger partial charge on any atom is 0.460 e. The number of aliphatic hydroxyl groups is 2. The molecule has 0 heterocycles. The SMILES string of the molecule is C=C1[C@H](O)C[C@H]2[C@H]3[C@H](CC[C@]12C)c1ccc(O)cc1C(O)[C@H]3CCCCCCCCC(CCC(F)(F)C(F)(F)C(F)(F)C(F)(F)F)C(=O)O. The molecule has 0 aliphatic heterocycles. The summed E-state index contributed by atoms with van der Waals surface area (Å²) in [5.74, 6) is -22.5. The molecular formula is C35H45F9O5. The summed E-state index contributed by atoms with van der Waals surface area (Å²) in [7, 11) is 0. The van der Waals surface area contributed by atoms with Gasteiger partial charge in [0.1, 0.15) is 5.75 Å². The van der Waals surface area contributed by atoms with Gasteiger partial charge in [0.15, 0.2) is 0 Å². The predicted octanol–water partition coefficient (Wildman–Crippen LogP) is 9.56. The topological polar surface area (TPSA) is 98.0 Å². The number of hydrogen-bond acceptors (Lipinski definition) is 4. The van der Waals surface area contributed by atoms with Crippen LogP contribution in [-0.2, 0) is 4.79 Å². The Balaban J connectivity index is 1.28. The highest BCUT2D eigenvalue weighted by Crippen LogP contribution is 2.65. The Kier molecular flexibility index (Phi) is 11.4. The first-order chi connectivity index (χ1) is 22.6. The standard InChI is InChI=1S/C35H45F9O5/c1-19-27(46)18-26-28-23(14-15-31(19,26)2)22-12-11-21(45)17-25(22)29(47)24(28)10-8-6-4-3-5-7-9-20(30(48)49)13-16-32(36,37)33(38,39)34(40,41)35(42,43)44/h11-12,17,20,23-24,26-29,45-47H,1,3-10,13-16,18H2,2H3,(H,48,49)/t20?,23-,24+,26+,27-,28+,29?,31-/m1/s1. The molecule has 49 heavy (non-hydrogen) atoms. The van der Waals surface area contributed by atoms with Crippen molar-refractivity contribution in [3.8, 4) is 5.75 Å². The van der Waals surface area contributed by atoms with E-state index in [0.717, 1.165) is 42.4 Å². The highest BCUT2D eigenvalue weighted by atomic mass is 19.4. The quantitative estimate of drug-likeness (QED) is 0.0824. The number of aromatic hydroxyl groups is 1. The number of carboxylic acids is 1. The van der Waals surface area contributed by atoms with Crippen molar-refractivity contribution in [1.29, 1.82) is 0 Å². The molecule has 14 heteroatoms. The molecule has 3 aliphatic carbocycles. The number of rotatable bonds is 15. The number of hydrogen-bond donors (Lipinski definition) is 4. The number of carboxylic acid groups (broad SMARTS) is 1. The number of carbonyl (C=O) groups is 1. The molecule has 5 nitrogen and oxygen atoms in total. The van der Waals surface area contributed by atoms with E-state index in [1.54, 1.807) is 12.1 Å². The number of phenols is 1. The van der Waals surface area contributed by atoms with E-state index in [2.05, 4.69) is 13.5 Å². The van der Waals surface area contributed by atoms with Crippen molar-refractivity contribution in [2.75, 3.05) is 0 Å². The number of aliphatic carboxylic acids is 1. The lowest BCUT2D eigenvalue weighted by atomic mass is 9.51. The Hall–Kier alpha value is -2.48. The lowest BCUT2D eigenvalue weighted by Gasteiger charge is -2.53. The number of phenolic OH excluding ortho intramolecular Hbond substituents is 1. The molecule has 278 valence electrons. The lowest BCUT2D eigenvalue weighted by Crippen LogP contribution is -2.60. The van der Waals surface area contributed by atoms with E-state index in [0.29, 0.717) is 32.1 Å². The highest BCUT2D eigenvalue weighted by Gasteiger charge is 2.81. The molecule has 0 radical (unpaired) electrons. The average molecular weight is 717 g/mol. The van der Waals surface area contributed by atoms with Gasteiger partial charge in [-0.2, -0.15) is 39.5 Å². The molecule has 8 atom stereocenters. The fourth-order valence-corrected chi connectivity index (χ4v) is 8.81. The van der Waals surface area contributed by atoms with Crippen LogP contribution in [0.5, 0.6) is 5.75 Å². The molecule has 4 rings (SSSR count). The van der Waals surface area contributed by atoms with Gasteiger partial charge in [0.2, 0.25) is 0 Å². The molecule has 2 fully saturated rings. The lowest BCUT2D eigenvalue weighted by molar-refractivity contribution is -0.396. The van der Waals surface area contributed by atoms with Gasteiger partial charge >= 0.3 is 29.9 Å². The monoisotopic (exact) mass is 716 g/mol. The Morgan fingerprint density at radius 1 is 0.918 bits per heavy atom. The molecule has 0 bridgehead atoms. The molecule has 2 saturated carbocycles. The number of unbranched alkanes of at least 4 members (excludes halogenated alkanes) is 5. The maximum absolute atomic E-state index is 13.9. The van der Waals surface area contributed by atoms with Crippen LogP contribution in [0.4, 0.5) is 39.5 Å². The van der Waals surface area contributed by atoms with Crippen LogP contribution in [0.1, 0.15) is 114 Å². The van der Waals surface area contributed by atoms with E-state index in [9.17, 15) is 64.7 Å². The van der Waals surface area contributed by atoms with E-state index >= 15 is 0 Å². The summed E-state index contributed by atoms with van der Waals surface area (Å²) < 4.78 is 118. The molecule has 1 aromatic carbocycles. The number of aliphatic hydroxyl groups excluding tert-OH is 2. The number of benzene rings is 1. The van der Waals surface area contributed by atoms with Crippen LogP contribution < -0.4 is 0 Å². The maximum atomic E-state index is 13.9. The van der Waals surface area contributed by atoms with Crippen LogP contribution in [0.15, 0.2) is 30.4 Å². The van der Waals surface area contributed by atoms with Crippen molar-refractivity contribution >= 4 is 5.97 Å². The first-order valence-corrected chi connectivity index (χ1v) is 16.9. The van der Waals surface area contributed by atoms with Crippen molar-refractivity contribution in [2.45, 2.75) is 132 Å². The van der Waals surface area contributed by atoms with Gasteiger partial charge < -0.3 is 20.4 Å². The predicted molar refractivity (Wildman–Crippen MR) is 162 cm³/mol. The zero-order valence-electron chi connectivity index (χ0n) is 27.3. The highest BCUT2D eigenvalue weighted by molar-refractivity contribution is 5.69. The van der Waals surface area contributed by atoms with Gasteiger partial charge in [0.05, 0.1) is 18.1 Å². The summed E-state index contributed by atoms with van der Waals surface area (Å²) in [6, 6.07) is 5.13. The van der Waals surface area contributed by atoms with Gasteiger partial charge in [0.25, 0.3) is 0 Å². The van der Waals surface area contributed by atoms with Crippen molar-refractivity contribution in [2.24, 2.45) is 29.1 Å². The van der Waals surface area contributed by atoms with E-state index in [-0.39, 0.29) is 47.7 Å². The van der Waals surface area contributed by atoms with E-state index in [1.165, 1.54) is 0 Å². The molecule has 0 spiro atoms. The van der Waals surface area contributed by atoms with Gasteiger partial charge in [-0.3, -0.25) is 4.79 Å². The summed E-state index contributed by atoms with van der Waals surface area (Å²) in [6.07, 6.45) is -5.50. The van der Waals surface area contributed by atoms with Gasteiger partial charge in [-0.05, 0) is 96.4 Å². The Bertz CT molecular complexity index is 1350. The van der Waals surface area contributed by atoms with Crippen LogP contribution >= 0.6 is 0 Å². The third-order valence-corrected chi connectivity index (χ3v) is 11.7. The Morgan fingerprint density at radius 2 is 1.53 bits per heavy atom. The normalized spacial score (nSPS) is 29.7. The second-order valence-corrected chi connectivity index (χ2v) is 14.6. The molecular weight excluding hydrogens is 671 g/mol. The van der Waals surface area contributed by atoms with Gasteiger partial charge in [-0.15, -0.1) is 0 Å². The summed E-state index contributed by atoms with van der Waals surface area (Å²) >= 11 is 0. The summed E-state index contributed by atoms with van der Waals surface area (Å²) in [6.45, 7) is 6.34. The van der Waals surface area contributed by atoms with Crippen LogP contribution in [0, 0.1) is 29.1 Å². The second-order valence-electron chi connectivity index (χ2n) is 14.6. The van der Waals surface area contributed by atoms with E-state index < -0.39 is 60.9 Å². The van der Waals surface area contributed by atoms with Crippen LogP contribution in [0.25, 0.3) is 0 Å². The van der Waals surface area contributed by atoms with Crippen LogP contribution in [-0.4, -0.2) is 56.4 Å². The zero-order valence-corrected chi connectivity index (χ0v) is 27.3. The second kappa shape index (κ2) is 14.3. The van der Waals surface area contributed by atoms with Gasteiger partial charge in [0, 0.05) is 6.42 Å². The number of alkyl halides is 9. The summed E-state index contributed by atoms with van der Waals surface area (Å²) in [5, 5.41) is 41.8. The number of halogens is 9. The molecule has 0 saturated heterocycles. The summed E-state index contributed by atoms with van der Waals surface area (Å²) in [5.41, 5.74) is 2.33. The molecule has 0 amide bonds. The van der Waals surface area contributed by atoms with E-state index in [1.807, 2.05) is 6.07 Å². The number of fused-ring (bicyclic) bond motifs is 5. The van der Waals surface area contributed by atoms with Gasteiger partial charge in [-0.25, -0.2) is 0 Å². The van der Waals surface area contributed by atoms with Crippen LogP contribution in [0.3, 0.4) is 0 Å². The Labute approximate surface area is 279 Å². The van der Waals surface area contributed by atoms with Gasteiger partial charge in [-0.1, -0.05) is 58.1 Å². The fraction of sp³-hybridized carbons (Fsp3) is 0.743. The summed E-state index contributed by atoms with van der Waals surface area (Å²) in [4.78, 5) is 11.5. The average Bonchev–Trinajstić information content (AvgIpc) is 3.24. The smallest absolute Gasteiger partial charge is 0.460 e. The first-order valence-electron chi connectivity index (χ1n) is 16.9.